The molecule has 0 saturated carbocycles. The number of amides is 1. The van der Waals surface area contributed by atoms with Crippen LogP contribution >= 0.6 is 0 Å². The molecule has 0 aliphatic carbocycles. The van der Waals surface area contributed by atoms with Crippen molar-refractivity contribution < 1.29 is 9.00 Å². The first-order chi connectivity index (χ1) is 9.61. The normalized spacial score (nSPS) is 18.4. The third kappa shape index (κ3) is 2.99. The average molecular weight is 312 g/mol. The molecule has 1 atom stereocenters. The molecule has 1 aromatic heterocycles. The number of H-pyrrole nitrogens is 1. The van der Waals surface area contributed by atoms with Gasteiger partial charge < -0.3 is 9.88 Å². The van der Waals surface area contributed by atoms with Crippen LogP contribution in [0.25, 0.3) is 0 Å². The molecule has 1 aliphatic rings. The number of nitrogens with one attached hydrogen (secondary N) is 2. The van der Waals surface area contributed by atoms with Gasteiger partial charge in [0.05, 0.1) is 10.9 Å². The predicted molar refractivity (Wildman–Crippen MR) is 80.2 cm³/mol. The van der Waals surface area contributed by atoms with Gasteiger partial charge in [-0.05, 0) is 6.92 Å². The first-order valence-corrected chi connectivity index (χ1v) is 8.77. The van der Waals surface area contributed by atoms with E-state index in [2.05, 4.69) is 9.97 Å². The summed E-state index contributed by atoms with van der Waals surface area (Å²) >= 11 is 0. The number of carbonyl (C=O) groups is 1. The first kappa shape index (κ1) is 15.7. The molecule has 116 valence electrons. The summed E-state index contributed by atoms with van der Waals surface area (Å²) in [6, 6.07) is 0. The van der Waals surface area contributed by atoms with E-state index in [-0.39, 0.29) is 29.8 Å². The maximum Gasteiger partial charge on any atom is 0.264 e. The number of carbonyl (C=O) groups excluding carboxylic acids is 1. The van der Waals surface area contributed by atoms with E-state index in [1.54, 1.807) is 6.92 Å². The van der Waals surface area contributed by atoms with Crippen molar-refractivity contribution in [1.29, 1.82) is 4.78 Å². The fourth-order valence-electron chi connectivity index (χ4n) is 2.18. The van der Waals surface area contributed by atoms with Gasteiger partial charge in [-0.25, -0.2) is 9.19 Å². The minimum absolute atomic E-state index is 0.0328. The third-order valence-electron chi connectivity index (χ3n) is 3.65. The van der Waals surface area contributed by atoms with Crippen LogP contribution in [0.3, 0.4) is 0 Å². The highest BCUT2D eigenvalue weighted by Crippen LogP contribution is 2.19. The number of nitrogens with zero attached hydrogens (tertiary/aromatic N) is 2. The molecular formula is C13H20N4O3S. The molecule has 1 amide bonds. The predicted octanol–water partition coefficient (Wildman–Crippen LogP) is 0.703. The second-order valence-corrected chi connectivity index (χ2v) is 8.28. The summed E-state index contributed by atoms with van der Waals surface area (Å²) in [6.07, 6.45) is 1.37. The molecule has 2 heterocycles. The summed E-state index contributed by atoms with van der Waals surface area (Å²) in [5.74, 6) is 0.219. The van der Waals surface area contributed by atoms with Crippen LogP contribution in [0.5, 0.6) is 0 Å². The molecular weight excluding hydrogens is 292 g/mol. The molecule has 8 heteroatoms. The fourth-order valence-corrected chi connectivity index (χ4v) is 3.11. The molecule has 7 nitrogen and oxygen atoms in total. The van der Waals surface area contributed by atoms with Gasteiger partial charge in [0.15, 0.2) is 0 Å². The zero-order valence-electron chi connectivity index (χ0n) is 12.6. The van der Waals surface area contributed by atoms with Gasteiger partial charge in [-0.15, -0.1) is 0 Å². The van der Waals surface area contributed by atoms with Crippen LogP contribution in [0, 0.1) is 11.7 Å². The Morgan fingerprint density at radius 1 is 1.48 bits per heavy atom. The van der Waals surface area contributed by atoms with Gasteiger partial charge in [0.2, 0.25) is 0 Å². The van der Waals surface area contributed by atoms with E-state index in [1.165, 1.54) is 11.2 Å². The van der Waals surface area contributed by atoms with E-state index in [9.17, 15) is 13.8 Å². The molecule has 2 N–H and O–H groups in total. The van der Waals surface area contributed by atoms with Crippen molar-refractivity contribution in [3.05, 3.63) is 27.4 Å². The molecule has 21 heavy (non-hydrogen) atoms. The Balaban J connectivity index is 2.24. The van der Waals surface area contributed by atoms with Crippen molar-refractivity contribution in [1.82, 2.24) is 14.9 Å². The molecule has 1 aliphatic heterocycles. The van der Waals surface area contributed by atoms with Crippen LogP contribution in [-0.2, 0) is 9.73 Å². The monoisotopic (exact) mass is 312 g/mol. The summed E-state index contributed by atoms with van der Waals surface area (Å²) in [6.45, 7) is 5.96. The van der Waals surface area contributed by atoms with E-state index in [4.69, 9.17) is 4.78 Å². The minimum Gasteiger partial charge on any atom is -0.336 e. The fraction of sp³-hybridized carbons (Fsp3) is 0.615. The van der Waals surface area contributed by atoms with E-state index < -0.39 is 21.2 Å². The van der Waals surface area contributed by atoms with Crippen LogP contribution in [0.1, 0.15) is 41.6 Å². The zero-order valence-corrected chi connectivity index (χ0v) is 13.4. The largest absolute Gasteiger partial charge is 0.336 e. The van der Waals surface area contributed by atoms with Gasteiger partial charge in [-0.2, -0.15) is 0 Å². The van der Waals surface area contributed by atoms with Crippen molar-refractivity contribution in [2.45, 2.75) is 31.9 Å². The topological polar surface area (TPSA) is 107 Å². The molecule has 0 aromatic carbocycles. The molecule has 1 aromatic rings. The van der Waals surface area contributed by atoms with Crippen molar-refractivity contribution in [2.75, 3.05) is 19.3 Å². The highest BCUT2D eigenvalue weighted by atomic mass is 32.2. The van der Waals surface area contributed by atoms with E-state index in [1.807, 2.05) is 13.8 Å². The summed E-state index contributed by atoms with van der Waals surface area (Å²) in [5, 5.41) is -0.316. The number of rotatable bonds is 3. The lowest BCUT2D eigenvalue weighted by Gasteiger charge is -2.39. The highest BCUT2D eigenvalue weighted by molar-refractivity contribution is 7.92. The lowest BCUT2D eigenvalue weighted by atomic mass is 10.1. The van der Waals surface area contributed by atoms with Crippen LogP contribution in [0.2, 0.25) is 0 Å². The minimum atomic E-state index is -2.65. The van der Waals surface area contributed by atoms with Gasteiger partial charge in [-0.3, -0.25) is 14.4 Å². The second kappa shape index (κ2) is 5.25. The van der Waals surface area contributed by atoms with E-state index in [0.717, 1.165) is 0 Å². The third-order valence-corrected chi connectivity index (χ3v) is 5.22. The Morgan fingerprint density at radius 2 is 2.05 bits per heavy atom. The SMILES string of the molecule is Cc1nc(C(C)C)[nH]c(=O)c1C(=O)N1CC(S(C)(=N)=O)C1. The van der Waals surface area contributed by atoms with Gasteiger partial charge >= 0.3 is 0 Å². The Morgan fingerprint density at radius 3 is 2.48 bits per heavy atom. The van der Waals surface area contributed by atoms with Crippen LogP contribution in [-0.4, -0.2) is 49.6 Å². The molecule has 1 fully saturated rings. The van der Waals surface area contributed by atoms with Crippen LogP contribution in [0.4, 0.5) is 0 Å². The number of aryl methyl sites for hydroxylation is 1. The lowest BCUT2D eigenvalue weighted by molar-refractivity contribution is 0.0657. The summed E-state index contributed by atoms with van der Waals surface area (Å²) in [5.41, 5.74) is -0.00723. The van der Waals surface area contributed by atoms with Crippen molar-refractivity contribution in [3.8, 4) is 0 Å². The number of likely N-dealkylation sites (tertiary alicyclic amines) is 1. The van der Waals surface area contributed by atoms with Gasteiger partial charge in [0.25, 0.3) is 11.5 Å². The number of aromatic nitrogens is 2. The summed E-state index contributed by atoms with van der Waals surface area (Å²) in [7, 11) is -2.65. The Labute approximate surface area is 123 Å². The van der Waals surface area contributed by atoms with Crippen LogP contribution in [0.15, 0.2) is 4.79 Å². The standard InChI is InChI=1S/C13H20N4O3S/c1-7(2)11-15-8(3)10(12(18)16-11)13(19)17-5-9(6-17)21(4,14)20/h7,9,14H,5-6H2,1-4H3,(H,15,16,18). The molecule has 0 spiro atoms. The van der Waals surface area contributed by atoms with Crippen molar-refractivity contribution >= 4 is 15.6 Å². The molecule has 0 bridgehead atoms. The van der Waals surface area contributed by atoms with Gasteiger partial charge in [0.1, 0.15) is 11.4 Å². The number of aromatic amines is 1. The summed E-state index contributed by atoms with van der Waals surface area (Å²) < 4.78 is 19.1. The average Bonchev–Trinajstić information content (AvgIpc) is 2.23. The Hall–Kier alpha value is -1.70. The number of hydrogen-bond donors (Lipinski definition) is 2. The Kier molecular flexibility index (Phi) is 3.92. The van der Waals surface area contributed by atoms with E-state index in [0.29, 0.717) is 11.5 Å². The quantitative estimate of drug-likeness (QED) is 0.856. The van der Waals surface area contributed by atoms with Gasteiger partial charge in [0, 0.05) is 35.0 Å². The second-order valence-electron chi connectivity index (χ2n) is 5.80. The Bertz CT molecular complexity index is 730. The number of hydrogen-bond acceptors (Lipinski definition) is 5. The smallest absolute Gasteiger partial charge is 0.264 e. The van der Waals surface area contributed by atoms with Crippen molar-refractivity contribution in [3.63, 3.8) is 0 Å². The lowest BCUT2D eigenvalue weighted by Crippen LogP contribution is -2.57. The maximum atomic E-state index is 12.3. The maximum absolute atomic E-state index is 12.3. The molecule has 2 rings (SSSR count). The van der Waals surface area contributed by atoms with Crippen LogP contribution < -0.4 is 5.56 Å². The summed E-state index contributed by atoms with van der Waals surface area (Å²) in [4.78, 5) is 32.8. The van der Waals surface area contributed by atoms with Crippen molar-refractivity contribution in [2.24, 2.45) is 0 Å². The van der Waals surface area contributed by atoms with Gasteiger partial charge in [-0.1, -0.05) is 13.8 Å². The zero-order chi connectivity index (χ0) is 15.9. The molecule has 1 saturated heterocycles. The highest BCUT2D eigenvalue weighted by Gasteiger charge is 2.37. The molecule has 0 radical (unpaired) electrons. The molecule has 1 unspecified atom stereocenters. The van der Waals surface area contributed by atoms with E-state index >= 15 is 0 Å². The first-order valence-electron chi connectivity index (χ1n) is 6.74.